The van der Waals surface area contributed by atoms with E-state index in [-0.39, 0.29) is 11.9 Å². The Bertz CT molecular complexity index is 299. The molecule has 10 heavy (non-hydrogen) atoms. The number of anilines is 1. The van der Waals surface area contributed by atoms with Gasteiger partial charge in [0.15, 0.2) is 0 Å². The van der Waals surface area contributed by atoms with Crippen molar-refractivity contribution in [2.45, 2.75) is 0 Å². The molecule has 0 aliphatic rings. The summed E-state index contributed by atoms with van der Waals surface area (Å²) in [6.45, 7) is 0. The fraction of sp³-hybridized carbons (Fsp3) is 0. The predicted octanol–water partition coefficient (Wildman–Crippen LogP) is 0.444. The van der Waals surface area contributed by atoms with Crippen LogP contribution in [0.25, 0.3) is 11.2 Å². The summed E-state index contributed by atoms with van der Waals surface area (Å²) in [7, 11) is 0. The molecule has 0 amide bonds. The van der Waals surface area contributed by atoms with Crippen LogP contribution < -0.4 is 5.73 Å². The summed E-state index contributed by atoms with van der Waals surface area (Å²) in [5.41, 5.74) is 6.21. The highest BCUT2D eigenvalue weighted by Gasteiger charge is 2.05. The number of nitrogens with zero attached hydrogens (tertiary/aromatic N) is 1. The van der Waals surface area contributed by atoms with Crippen molar-refractivity contribution in [1.82, 2.24) is 9.97 Å². The molecule has 0 saturated heterocycles. The molecule has 5 heteroatoms. The molecule has 0 unspecified atom stereocenters. The molecule has 52 valence electrons. The molecule has 0 aromatic carbocycles. The molecule has 0 fully saturated rings. The van der Waals surface area contributed by atoms with Crippen molar-refractivity contribution in [3.05, 3.63) is 6.07 Å². The number of furan rings is 1. The average molecular weight is 139 g/mol. The Morgan fingerprint density at radius 2 is 2.50 bits per heavy atom. The molecule has 0 spiro atoms. The van der Waals surface area contributed by atoms with Gasteiger partial charge in [0.05, 0.1) is 0 Å². The van der Waals surface area contributed by atoms with Gasteiger partial charge in [-0.3, -0.25) is 0 Å². The van der Waals surface area contributed by atoms with Crippen LogP contribution in [0.4, 0.5) is 5.95 Å². The number of rotatable bonds is 0. The van der Waals surface area contributed by atoms with Crippen LogP contribution in [-0.4, -0.2) is 15.1 Å². The highest BCUT2D eigenvalue weighted by atomic mass is 16.5. The van der Waals surface area contributed by atoms with Crippen LogP contribution in [0.15, 0.2) is 10.5 Å². The Hall–Kier alpha value is -1.65. The van der Waals surface area contributed by atoms with Crippen molar-refractivity contribution in [3.8, 4) is 5.95 Å². The van der Waals surface area contributed by atoms with E-state index in [1.54, 1.807) is 0 Å². The zero-order chi connectivity index (χ0) is 7.14. The van der Waals surface area contributed by atoms with Gasteiger partial charge in [-0.1, -0.05) is 0 Å². The SMILES string of the molecule is Nc1nc2oc(O)cc2[nH]1. The topological polar surface area (TPSA) is 88.1 Å². The van der Waals surface area contributed by atoms with E-state index in [0.717, 1.165) is 0 Å². The van der Waals surface area contributed by atoms with E-state index in [0.29, 0.717) is 11.2 Å². The van der Waals surface area contributed by atoms with Crippen molar-refractivity contribution in [1.29, 1.82) is 0 Å². The van der Waals surface area contributed by atoms with Crippen molar-refractivity contribution >= 4 is 17.2 Å². The lowest BCUT2D eigenvalue weighted by molar-refractivity contribution is 0.344. The first-order valence-electron chi connectivity index (χ1n) is 2.70. The van der Waals surface area contributed by atoms with Gasteiger partial charge in [-0.2, -0.15) is 4.98 Å². The summed E-state index contributed by atoms with van der Waals surface area (Å²) < 4.78 is 4.72. The zero-order valence-electron chi connectivity index (χ0n) is 4.96. The molecule has 2 aromatic heterocycles. The van der Waals surface area contributed by atoms with Gasteiger partial charge in [0, 0.05) is 6.07 Å². The maximum atomic E-state index is 8.77. The lowest BCUT2D eigenvalue weighted by Gasteiger charge is -1.77. The van der Waals surface area contributed by atoms with Crippen molar-refractivity contribution in [2.24, 2.45) is 0 Å². The third kappa shape index (κ3) is 0.540. The second-order valence-electron chi connectivity index (χ2n) is 1.93. The van der Waals surface area contributed by atoms with E-state index in [2.05, 4.69) is 9.97 Å². The Morgan fingerprint density at radius 1 is 1.70 bits per heavy atom. The van der Waals surface area contributed by atoms with Crippen LogP contribution in [0.2, 0.25) is 0 Å². The molecule has 0 atom stereocenters. The standard InChI is InChI=1S/C5H5N3O2/c6-5-7-2-1-3(9)10-4(2)8-5/h1,9H,(H3,6,7,8). The number of imidazole rings is 1. The number of aromatic hydroxyl groups is 1. The van der Waals surface area contributed by atoms with E-state index in [4.69, 9.17) is 15.3 Å². The lowest BCUT2D eigenvalue weighted by Crippen LogP contribution is -1.84. The molecular formula is C5H5N3O2. The van der Waals surface area contributed by atoms with E-state index in [1.807, 2.05) is 0 Å². The van der Waals surface area contributed by atoms with Crippen molar-refractivity contribution < 1.29 is 9.52 Å². The predicted molar refractivity (Wildman–Crippen MR) is 34.4 cm³/mol. The molecular weight excluding hydrogens is 134 g/mol. The van der Waals surface area contributed by atoms with Crippen LogP contribution in [0.5, 0.6) is 5.95 Å². The van der Waals surface area contributed by atoms with Crippen LogP contribution in [0.1, 0.15) is 0 Å². The number of aromatic amines is 1. The smallest absolute Gasteiger partial charge is 0.285 e. The Morgan fingerprint density at radius 3 is 3.20 bits per heavy atom. The van der Waals surface area contributed by atoms with Gasteiger partial charge in [0.25, 0.3) is 5.95 Å². The molecule has 4 N–H and O–H groups in total. The molecule has 5 nitrogen and oxygen atoms in total. The number of H-pyrrole nitrogens is 1. The monoisotopic (exact) mass is 139 g/mol. The molecule has 2 aromatic rings. The summed E-state index contributed by atoms with van der Waals surface area (Å²) in [5, 5.41) is 8.77. The molecule has 0 radical (unpaired) electrons. The minimum Gasteiger partial charge on any atom is -0.481 e. The van der Waals surface area contributed by atoms with Gasteiger partial charge in [0.2, 0.25) is 11.7 Å². The molecule has 2 heterocycles. The summed E-state index contributed by atoms with van der Waals surface area (Å²) in [6.07, 6.45) is 0. The number of nitrogens with one attached hydrogen (secondary N) is 1. The van der Waals surface area contributed by atoms with E-state index in [1.165, 1.54) is 6.07 Å². The third-order valence-electron chi connectivity index (χ3n) is 1.18. The maximum Gasteiger partial charge on any atom is 0.285 e. The number of fused-ring (bicyclic) bond motifs is 1. The van der Waals surface area contributed by atoms with Crippen LogP contribution in [-0.2, 0) is 0 Å². The molecule has 0 saturated carbocycles. The minimum atomic E-state index is -0.159. The largest absolute Gasteiger partial charge is 0.481 e. The molecule has 2 rings (SSSR count). The Kier molecular flexibility index (Phi) is 0.743. The highest BCUT2D eigenvalue weighted by molar-refractivity contribution is 5.72. The highest BCUT2D eigenvalue weighted by Crippen LogP contribution is 2.21. The van der Waals surface area contributed by atoms with Gasteiger partial charge in [-0.15, -0.1) is 0 Å². The van der Waals surface area contributed by atoms with Crippen molar-refractivity contribution in [3.63, 3.8) is 0 Å². The summed E-state index contributed by atoms with van der Waals surface area (Å²) in [4.78, 5) is 6.42. The van der Waals surface area contributed by atoms with Gasteiger partial charge in [0.1, 0.15) is 5.52 Å². The average Bonchev–Trinajstić information content (AvgIpc) is 2.21. The van der Waals surface area contributed by atoms with Crippen LogP contribution in [0, 0.1) is 0 Å². The van der Waals surface area contributed by atoms with E-state index >= 15 is 0 Å². The number of nitrogens with two attached hydrogens (primary N) is 1. The number of hydrogen-bond donors (Lipinski definition) is 3. The second-order valence-corrected chi connectivity index (χ2v) is 1.93. The van der Waals surface area contributed by atoms with Crippen LogP contribution in [0.3, 0.4) is 0 Å². The minimum absolute atomic E-state index is 0.159. The number of aromatic nitrogens is 2. The quantitative estimate of drug-likeness (QED) is 0.494. The first-order valence-corrected chi connectivity index (χ1v) is 2.70. The second kappa shape index (κ2) is 1.44. The fourth-order valence-corrected chi connectivity index (χ4v) is 0.817. The molecule has 0 aliphatic heterocycles. The first kappa shape index (κ1) is 5.16. The zero-order valence-corrected chi connectivity index (χ0v) is 4.96. The number of nitrogen functional groups attached to an aromatic ring is 1. The Balaban J connectivity index is 2.83. The normalized spacial score (nSPS) is 10.8. The van der Waals surface area contributed by atoms with E-state index in [9.17, 15) is 0 Å². The molecule has 0 aliphatic carbocycles. The van der Waals surface area contributed by atoms with E-state index < -0.39 is 0 Å². The lowest BCUT2D eigenvalue weighted by atomic mass is 10.6. The molecule has 0 bridgehead atoms. The van der Waals surface area contributed by atoms with Gasteiger partial charge < -0.3 is 20.2 Å². The van der Waals surface area contributed by atoms with Gasteiger partial charge >= 0.3 is 0 Å². The first-order chi connectivity index (χ1) is 4.75. The van der Waals surface area contributed by atoms with Crippen molar-refractivity contribution in [2.75, 3.05) is 5.73 Å². The van der Waals surface area contributed by atoms with Gasteiger partial charge in [-0.25, -0.2) is 0 Å². The summed E-state index contributed by atoms with van der Waals surface area (Å²) in [5.74, 6) is 0.127. The fourth-order valence-electron chi connectivity index (χ4n) is 0.817. The summed E-state index contributed by atoms with van der Waals surface area (Å²) >= 11 is 0. The summed E-state index contributed by atoms with van der Waals surface area (Å²) in [6, 6.07) is 1.42. The number of hydrogen-bond acceptors (Lipinski definition) is 4. The van der Waals surface area contributed by atoms with Gasteiger partial charge in [-0.05, 0) is 0 Å². The van der Waals surface area contributed by atoms with Crippen LogP contribution >= 0.6 is 0 Å². The Labute approximate surface area is 55.5 Å². The third-order valence-corrected chi connectivity index (χ3v) is 1.18. The maximum absolute atomic E-state index is 8.77.